The standard InChI is InChI=1S/C21H25N5O2/c1-25(2)20-9-8-17(11-23-20)21(28)26(13-16-6-4-3-5-7-16)19(14-27)10-18-12-22-15-24-18/h3-9,11-12,15,19,27H,10,13-14H2,1-2H3,(H,22,24). The van der Waals surface area contributed by atoms with E-state index in [2.05, 4.69) is 15.0 Å². The van der Waals surface area contributed by atoms with Crippen LogP contribution in [0.2, 0.25) is 0 Å². The fourth-order valence-electron chi connectivity index (χ4n) is 3.01. The van der Waals surface area contributed by atoms with Gasteiger partial charge in [-0.25, -0.2) is 9.97 Å². The molecule has 1 atom stereocenters. The quantitative estimate of drug-likeness (QED) is 0.626. The smallest absolute Gasteiger partial charge is 0.256 e. The Morgan fingerprint density at radius 2 is 1.93 bits per heavy atom. The number of H-pyrrole nitrogens is 1. The number of imidazole rings is 1. The highest BCUT2D eigenvalue weighted by Crippen LogP contribution is 2.17. The highest BCUT2D eigenvalue weighted by Gasteiger charge is 2.25. The number of aliphatic hydroxyl groups is 1. The molecule has 0 spiro atoms. The fraction of sp³-hybridized carbons (Fsp3) is 0.286. The van der Waals surface area contributed by atoms with E-state index in [-0.39, 0.29) is 18.6 Å². The molecular weight excluding hydrogens is 354 g/mol. The Hall–Kier alpha value is -3.19. The highest BCUT2D eigenvalue weighted by molar-refractivity contribution is 5.94. The van der Waals surface area contributed by atoms with Gasteiger partial charge in [0.2, 0.25) is 0 Å². The van der Waals surface area contributed by atoms with Crippen molar-refractivity contribution in [1.29, 1.82) is 0 Å². The van der Waals surface area contributed by atoms with E-state index in [0.717, 1.165) is 17.1 Å². The van der Waals surface area contributed by atoms with Crippen molar-refractivity contribution in [3.63, 3.8) is 0 Å². The predicted molar refractivity (Wildman–Crippen MR) is 108 cm³/mol. The van der Waals surface area contributed by atoms with Gasteiger partial charge in [-0.3, -0.25) is 4.79 Å². The van der Waals surface area contributed by atoms with Crippen LogP contribution < -0.4 is 4.90 Å². The van der Waals surface area contributed by atoms with Crippen LogP contribution in [0.15, 0.2) is 61.2 Å². The normalized spacial score (nSPS) is 11.8. The second kappa shape index (κ2) is 9.14. The van der Waals surface area contributed by atoms with Gasteiger partial charge in [0.1, 0.15) is 5.82 Å². The lowest BCUT2D eigenvalue weighted by Gasteiger charge is -2.31. The van der Waals surface area contributed by atoms with Crippen molar-refractivity contribution in [3.05, 3.63) is 78.0 Å². The summed E-state index contributed by atoms with van der Waals surface area (Å²) in [6.07, 6.45) is 5.37. The third kappa shape index (κ3) is 4.75. The summed E-state index contributed by atoms with van der Waals surface area (Å²) in [6.45, 7) is 0.245. The fourth-order valence-corrected chi connectivity index (χ4v) is 3.01. The number of aromatic nitrogens is 3. The van der Waals surface area contributed by atoms with Crippen LogP contribution in [-0.2, 0) is 13.0 Å². The van der Waals surface area contributed by atoms with Crippen LogP contribution in [0, 0.1) is 0 Å². The molecule has 1 amide bonds. The van der Waals surface area contributed by atoms with Gasteiger partial charge in [-0.15, -0.1) is 0 Å². The minimum absolute atomic E-state index is 0.152. The van der Waals surface area contributed by atoms with Crippen molar-refractivity contribution in [2.24, 2.45) is 0 Å². The van der Waals surface area contributed by atoms with E-state index in [4.69, 9.17) is 0 Å². The third-order valence-corrected chi connectivity index (χ3v) is 4.57. The van der Waals surface area contributed by atoms with Crippen LogP contribution in [0.3, 0.4) is 0 Å². The van der Waals surface area contributed by atoms with E-state index in [1.165, 1.54) is 0 Å². The molecule has 146 valence electrons. The van der Waals surface area contributed by atoms with Gasteiger partial charge in [0.05, 0.1) is 24.5 Å². The number of rotatable bonds is 8. The topological polar surface area (TPSA) is 85.4 Å². The Morgan fingerprint density at radius 3 is 2.50 bits per heavy atom. The second-order valence-corrected chi connectivity index (χ2v) is 6.84. The van der Waals surface area contributed by atoms with Gasteiger partial charge in [-0.05, 0) is 17.7 Å². The number of hydrogen-bond acceptors (Lipinski definition) is 5. The monoisotopic (exact) mass is 379 g/mol. The molecule has 2 N–H and O–H groups in total. The number of carbonyl (C=O) groups excluding carboxylic acids is 1. The Bertz CT molecular complexity index is 864. The van der Waals surface area contributed by atoms with Crippen molar-refractivity contribution in [3.8, 4) is 0 Å². The summed E-state index contributed by atoms with van der Waals surface area (Å²) in [5.74, 6) is 0.613. The molecule has 1 aromatic carbocycles. The zero-order valence-electron chi connectivity index (χ0n) is 16.1. The molecule has 0 saturated carbocycles. The van der Waals surface area contributed by atoms with Gasteiger partial charge in [-0.1, -0.05) is 30.3 Å². The number of aromatic amines is 1. The number of nitrogens with zero attached hydrogens (tertiary/aromatic N) is 4. The molecule has 0 aliphatic carbocycles. The Kier molecular flexibility index (Phi) is 6.39. The Balaban J connectivity index is 1.88. The molecular formula is C21H25N5O2. The lowest BCUT2D eigenvalue weighted by molar-refractivity contribution is 0.0569. The lowest BCUT2D eigenvalue weighted by Crippen LogP contribution is -2.43. The summed E-state index contributed by atoms with van der Waals surface area (Å²) in [6, 6.07) is 13.0. The van der Waals surface area contributed by atoms with Crippen LogP contribution >= 0.6 is 0 Å². The molecule has 2 heterocycles. The average Bonchev–Trinajstić information content (AvgIpc) is 3.24. The summed E-state index contributed by atoms with van der Waals surface area (Å²) in [5, 5.41) is 10.0. The second-order valence-electron chi connectivity index (χ2n) is 6.84. The number of anilines is 1. The van der Waals surface area contributed by atoms with Crippen LogP contribution in [0.1, 0.15) is 21.6 Å². The maximum absolute atomic E-state index is 13.3. The molecule has 0 bridgehead atoms. The number of pyridine rings is 1. The van der Waals surface area contributed by atoms with Crippen LogP contribution in [0.4, 0.5) is 5.82 Å². The van der Waals surface area contributed by atoms with Crippen LogP contribution in [0.5, 0.6) is 0 Å². The van der Waals surface area contributed by atoms with Crippen molar-refractivity contribution in [2.75, 3.05) is 25.6 Å². The molecule has 1 unspecified atom stereocenters. The first-order chi connectivity index (χ1) is 13.6. The third-order valence-electron chi connectivity index (χ3n) is 4.57. The molecule has 0 aliphatic rings. The van der Waals surface area contributed by atoms with E-state index in [1.54, 1.807) is 29.7 Å². The number of amides is 1. The maximum Gasteiger partial charge on any atom is 0.256 e. The van der Waals surface area contributed by atoms with Gasteiger partial charge in [0.15, 0.2) is 0 Å². The zero-order chi connectivity index (χ0) is 19.9. The van der Waals surface area contributed by atoms with Crippen molar-refractivity contribution in [2.45, 2.75) is 19.0 Å². The Morgan fingerprint density at radius 1 is 1.14 bits per heavy atom. The summed E-state index contributed by atoms with van der Waals surface area (Å²) in [5.41, 5.74) is 2.35. The van der Waals surface area contributed by atoms with Crippen LogP contribution in [-0.4, -0.2) is 57.6 Å². The number of hydrogen-bond donors (Lipinski definition) is 2. The van der Waals surface area contributed by atoms with E-state index >= 15 is 0 Å². The molecule has 3 aromatic rings. The molecule has 7 heteroatoms. The predicted octanol–water partition coefficient (Wildman–Crippen LogP) is 2.12. The molecule has 0 saturated heterocycles. The van der Waals surface area contributed by atoms with Gasteiger partial charge in [0, 0.05) is 45.1 Å². The van der Waals surface area contributed by atoms with Crippen molar-refractivity contribution >= 4 is 11.7 Å². The van der Waals surface area contributed by atoms with Crippen molar-refractivity contribution in [1.82, 2.24) is 19.9 Å². The minimum atomic E-state index is -0.387. The summed E-state index contributed by atoms with van der Waals surface area (Å²) in [4.78, 5) is 28.3. The molecule has 2 aromatic heterocycles. The zero-order valence-corrected chi connectivity index (χ0v) is 16.1. The molecule has 0 radical (unpaired) electrons. The van der Waals surface area contributed by atoms with Gasteiger partial charge < -0.3 is 19.9 Å². The van der Waals surface area contributed by atoms with Gasteiger partial charge in [0.25, 0.3) is 5.91 Å². The van der Waals surface area contributed by atoms with E-state index < -0.39 is 0 Å². The van der Waals surface area contributed by atoms with E-state index in [9.17, 15) is 9.90 Å². The van der Waals surface area contributed by atoms with Gasteiger partial charge in [-0.2, -0.15) is 0 Å². The molecule has 7 nitrogen and oxygen atoms in total. The molecule has 3 rings (SSSR count). The molecule has 28 heavy (non-hydrogen) atoms. The number of benzene rings is 1. The van der Waals surface area contributed by atoms with Crippen molar-refractivity contribution < 1.29 is 9.90 Å². The minimum Gasteiger partial charge on any atom is -0.394 e. The number of nitrogens with one attached hydrogen (secondary N) is 1. The van der Waals surface area contributed by atoms with E-state index in [1.807, 2.05) is 55.4 Å². The Labute approximate surface area is 164 Å². The number of aliphatic hydroxyl groups excluding tert-OH is 1. The highest BCUT2D eigenvalue weighted by atomic mass is 16.3. The summed E-state index contributed by atoms with van der Waals surface area (Å²) < 4.78 is 0. The molecule has 0 aliphatic heterocycles. The first-order valence-electron chi connectivity index (χ1n) is 9.15. The van der Waals surface area contributed by atoms with Gasteiger partial charge >= 0.3 is 0 Å². The first-order valence-corrected chi connectivity index (χ1v) is 9.15. The first kappa shape index (κ1) is 19.6. The van der Waals surface area contributed by atoms with E-state index in [0.29, 0.717) is 18.5 Å². The lowest BCUT2D eigenvalue weighted by atomic mass is 10.1. The summed E-state index contributed by atoms with van der Waals surface area (Å²) in [7, 11) is 3.80. The van der Waals surface area contributed by atoms with Crippen LogP contribution in [0.25, 0.3) is 0 Å². The largest absolute Gasteiger partial charge is 0.394 e. The maximum atomic E-state index is 13.3. The molecule has 0 fully saturated rings. The summed E-state index contributed by atoms with van der Waals surface area (Å²) >= 11 is 0. The number of carbonyl (C=O) groups is 1. The average molecular weight is 379 g/mol. The SMILES string of the molecule is CN(C)c1ccc(C(=O)N(Cc2ccccc2)C(CO)Cc2cnc[nH]2)cn1.